The largest absolute Gasteiger partial charge is 0.494 e. The lowest BCUT2D eigenvalue weighted by Gasteiger charge is -2.11. The number of ether oxygens (including phenoxy) is 1. The van der Waals surface area contributed by atoms with E-state index in [1.165, 1.54) is 0 Å². The number of aromatic nitrogens is 3. The molecule has 1 atom stereocenters. The lowest BCUT2D eigenvalue weighted by molar-refractivity contribution is 0.413. The summed E-state index contributed by atoms with van der Waals surface area (Å²) < 4.78 is 7.51. The van der Waals surface area contributed by atoms with E-state index in [2.05, 4.69) is 27.6 Å². The van der Waals surface area contributed by atoms with Crippen LogP contribution in [0.25, 0.3) is 5.69 Å². The van der Waals surface area contributed by atoms with Crippen molar-refractivity contribution in [2.45, 2.75) is 26.7 Å². The van der Waals surface area contributed by atoms with E-state index in [1.54, 1.807) is 24.8 Å². The molecule has 0 spiro atoms. The Labute approximate surface area is 158 Å². The molecule has 0 aliphatic rings. The van der Waals surface area contributed by atoms with Crippen LogP contribution < -0.4 is 15.8 Å². The summed E-state index contributed by atoms with van der Waals surface area (Å²) in [5.74, 6) is 1.30. The quantitative estimate of drug-likeness (QED) is 0.627. The van der Waals surface area contributed by atoms with Gasteiger partial charge in [0, 0.05) is 23.3 Å². The normalized spacial score (nSPS) is 12.2. The van der Waals surface area contributed by atoms with Crippen molar-refractivity contribution in [3.63, 3.8) is 0 Å². The third-order valence-corrected chi connectivity index (χ3v) is 5.07. The molecule has 0 bridgehead atoms. The Balaban J connectivity index is 1.71. The van der Waals surface area contributed by atoms with Crippen molar-refractivity contribution in [2.75, 3.05) is 19.0 Å². The Morgan fingerprint density at radius 1 is 1.38 bits per heavy atom. The summed E-state index contributed by atoms with van der Waals surface area (Å²) in [5.41, 5.74) is 9.65. The zero-order valence-corrected chi connectivity index (χ0v) is 16.2. The second kappa shape index (κ2) is 8.33. The van der Waals surface area contributed by atoms with Crippen LogP contribution in [0, 0.1) is 12.8 Å². The molecule has 3 N–H and O–H groups in total. The Morgan fingerprint density at radius 3 is 2.92 bits per heavy atom. The minimum atomic E-state index is 0.525. The lowest BCUT2D eigenvalue weighted by atomic mass is 10.1. The number of benzene rings is 1. The van der Waals surface area contributed by atoms with Crippen LogP contribution >= 0.6 is 11.3 Å². The fraction of sp³-hybridized carbons (Fsp3) is 0.368. The van der Waals surface area contributed by atoms with Gasteiger partial charge in [0.1, 0.15) is 5.75 Å². The second-order valence-electron chi connectivity index (χ2n) is 6.46. The molecule has 3 rings (SSSR count). The van der Waals surface area contributed by atoms with Gasteiger partial charge in [0.2, 0.25) is 0 Å². The van der Waals surface area contributed by atoms with E-state index in [1.807, 2.05) is 35.9 Å². The molecule has 0 fully saturated rings. The molecule has 0 amide bonds. The predicted octanol–water partition coefficient (Wildman–Crippen LogP) is 3.92. The monoisotopic (exact) mass is 371 g/mol. The number of methoxy groups -OCH3 is 1. The maximum atomic E-state index is 5.68. The number of anilines is 2. The number of rotatable bonds is 8. The second-order valence-corrected chi connectivity index (χ2v) is 7.32. The van der Waals surface area contributed by atoms with Gasteiger partial charge in [-0.2, -0.15) is 0 Å². The Kier molecular flexibility index (Phi) is 5.90. The van der Waals surface area contributed by atoms with E-state index < -0.39 is 0 Å². The zero-order chi connectivity index (χ0) is 18.5. The Hall–Kier alpha value is -2.38. The topological polar surface area (TPSA) is 78.0 Å². The van der Waals surface area contributed by atoms with Gasteiger partial charge in [-0.3, -0.25) is 0 Å². The van der Waals surface area contributed by atoms with E-state index in [0.29, 0.717) is 5.92 Å². The molecule has 0 aliphatic carbocycles. The van der Waals surface area contributed by atoms with Crippen molar-refractivity contribution in [3.05, 3.63) is 47.5 Å². The van der Waals surface area contributed by atoms with E-state index in [4.69, 9.17) is 10.5 Å². The molecule has 1 aromatic carbocycles. The maximum Gasteiger partial charge on any atom is 0.187 e. The summed E-state index contributed by atoms with van der Waals surface area (Å²) in [4.78, 5) is 8.93. The van der Waals surface area contributed by atoms with Gasteiger partial charge in [0.15, 0.2) is 5.13 Å². The van der Waals surface area contributed by atoms with E-state index in [-0.39, 0.29) is 0 Å². The number of aryl methyl sites for hydroxylation is 2. The number of hydrogen-bond donors (Lipinski definition) is 2. The molecule has 2 aromatic heterocycles. The highest BCUT2D eigenvalue weighted by Crippen LogP contribution is 2.29. The van der Waals surface area contributed by atoms with Crippen LogP contribution in [0.15, 0.2) is 36.1 Å². The summed E-state index contributed by atoms with van der Waals surface area (Å²) in [6.45, 7) is 4.85. The summed E-state index contributed by atoms with van der Waals surface area (Å²) in [6.07, 6.45) is 5.78. The van der Waals surface area contributed by atoms with Gasteiger partial charge in [-0.25, -0.2) is 9.97 Å². The van der Waals surface area contributed by atoms with Crippen LogP contribution in [0.4, 0.5) is 10.8 Å². The fourth-order valence-corrected chi connectivity index (χ4v) is 3.40. The minimum absolute atomic E-state index is 0.525. The van der Waals surface area contributed by atoms with Crippen molar-refractivity contribution < 1.29 is 4.74 Å². The molecule has 26 heavy (non-hydrogen) atoms. The van der Waals surface area contributed by atoms with Gasteiger partial charge < -0.3 is 20.4 Å². The van der Waals surface area contributed by atoms with Crippen molar-refractivity contribution in [2.24, 2.45) is 11.7 Å². The highest BCUT2D eigenvalue weighted by molar-refractivity contribution is 7.13. The molecule has 7 heteroatoms. The molecule has 0 saturated carbocycles. The van der Waals surface area contributed by atoms with Gasteiger partial charge in [-0.05, 0) is 44.4 Å². The average molecular weight is 372 g/mol. The molecule has 0 unspecified atom stereocenters. The summed E-state index contributed by atoms with van der Waals surface area (Å²) >= 11 is 1.61. The summed E-state index contributed by atoms with van der Waals surface area (Å²) in [6, 6.07) is 6.01. The number of nitrogens with two attached hydrogens (primary N) is 1. The first-order valence-electron chi connectivity index (χ1n) is 8.69. The molecule has 6 nitrogen and oxygen atoms in total. The fourth-order valence-electron chi connectivity index (χ4n) is 2.64. The maximum absolute atomic E-state index is 5.68. The standard InChI is InChI=1S/C19H25N5OS/c1-13(9-20)4-5-16-11-26-19(23-16)22-15-6-7-17(18(8-15)25-3)24-10-14(2)21-12-24/h6-8,10-13H,4-5,9,20H2,1-3H3,(H,22,23)/t13-/m0/s1. The van der Waals surface area contributed by atoms with Gasteiger partial charge in [-0.1, -0.05) is 6.92 Å². The van der Waals surface area contributed by atoms with Crippen molar-refractivity contribution >= 4 is 22.2 Å². The highest BCUT2D eigenvalue weighted by atomic mass is 32.1. The molecule has 0 radical (unpaired) electrons. The van der Waals surface area contributed by atoms with Crippen LogP contribution in [0.2, 0.25) is 0 Å². The van der Waals surface area contributed by atoms with Gasteiger partial charge in [0.05, 0.1) is 30.5 Å². The molecule has 138 valence electrons. The Morgan fingerprint density at radius 2 is 2.23 bits per heavy atom. The smallest absolute Gasteiger partial charge is 0.187 e. The summed E-state index contributed by atoms with van der Waals surface area (Å²) in [7, 11) is 1.67. The molecule has 0 saturated heterocycles. The number of imidazole rings is 1. The number of thiazole rings is 1. The number of nitrogens with one attached hydrogen (secondary N) is 1. The highest BCUT2D eigenvalue weighted by Gasteiger charge is 2.09. The molecular formula is C19H25N5OS. The molecule has 3 aromatic rings. The van der Waals surface area contributed by atoms with Crippen molar-refractivity contribution in [3.8, 4) is 11.4 Å². The van der Waals surface area contributed by atoms with Gasteiger partial charge >= 0.3 is 0 Å². The number of hydrogen-bond acceptors (Lipinski definition) is 6. The van der Waals surface area contributed by atoms with E-state index in [9.17, 15) is 0 Å². The molecular weight excluding hydrogens is 346 g/mol. The van der Waals surface area contributed by atoms with Crippen LogP contribution in [0.3, 0.4) is 0 Å². The first-order chi connectivity index (χ1) is 12.6. The van der Waals surface area contributed by atoms with Crippen LogP contribution in [0.5, 0.6) is 5.75 Å². The SMILES string of the molecule is COc1cc(Nc2nc(CC[C@H](C)CN)cs2)ccc1-n1cnc(C)c1. The van der Waals surface area contributed by atoms with E-state index >= 15 is 0 Å². The molecule has 0 aliphatic heterocycles. The van der Waals surface area contributed by atoms with Crippen LogP contribution in [0.1, 0.15) is 24.7 Å². The van der Waals surface area contributed by atoms with Gasteiger partial charge in [-0.15, -0.1) is 11.3 Å². The van der Waals surface area contributed by atoms with Crippen LogP contribution in [-0.2, 0) is 6.42 Å². The average Bonchev–Trinajstić information content (AvgIpc) is 3.28. The summed E-state index contributed by atoms with van der Waals surface area (Å²) in [5, 5.41) is 6.35. The third-order valence-electron chi connectivity index (χ3n) is 4.27. The third kappa shape index (κ3) is 4.42. The molecule has 2 heterocycles. The van der Waals surface area contributed by atoms with E-state index in [0.717, 1.165) is 53.0 Å². The Bertz CT molecular complexity index is 857. The van der Waals surface area contributed by atoms with Crippen LogP contribution in [-0.4, -0.2) is 28.2 Å². The minimum Gasteiger partial charge on any atom is -0.494 e. The number of nitrogens with zero attached hydrogens (tertiary/aromatic N) is 3. The first-order valence-corrected chi connectivity index (χ1v) is 9.57. The predicted molar refractivity (Wildman–Crippen MR) is 107 cm³/mol. The zero-order valence-electron chi connectivity index (χ0n) is 15.4. The lowest BCUT2D eigenvalue weighted by Crippen LogP contribution is -2.11. The van der Waals surface area contributed by atoms with Crippen molar-refractivity contribution in [1.29, 1.82) is 0 Å². The first kappa shape index (κ1) is 18.4. The van der Waals surface area contributed by atoms with Gasteiger partial charge in [0.25, 0.3) is 0 Å². The van der Waals surface area contributed by atoms with Crippen molar-refractivity contribution in [1.82, 2.24) is 14.5 Å².